The van der Waals surface area contributed by atoms with Gasteiger partial charge in [-0.15, -0.1) is 0 Å². The van der Waals surface area contributed by atoms with Gasteiger partial charge in [-0.2, -0.15) is 5.10 Å². The van der Waals surface area contributed by atoms with E-state index in [-0.39, 0.29) is 12.5 Å². The molecule has 24 heavy (non-hydrogen) atoms. The van der Waals surface area contributed by atoms with Gasteiger partial charge in [0.05, 0.1) is 19.4 Å². The third-order valence-corrected chi connectivity index (χ3v) is 3.43. The molecule has 0 aliphatic carbocycles. The van der Waals surface area contributed by atoms with Crippen LogP contribution in [0.15, 0.2) is 52.0 Å². The van der Waals surface area contributed by atoms with E-state index in [1.165, 1.54) is 6.21 Å². The molecule has 2 aromatic rings. The molecule has 126 valence electrons. The Kier molecular flexibility index (Phi) is 5.47. The van der Waals surface area contributed by atoms with Crippen molar-refractivity contribution < 1.29 is 18.7 Å². The van der Waals surface area contributed by atoms with Gasteiger partial charge in [-0.25, -0.2) is 5.43 Å². The van der Waals surface area contributed by atoms with Crippen molar-refractivity contribution in [3.63, 3.8) is 0 Å². The Labute approximate surface area is 139 Å². The van der Waals surface area contributed by atoms with Crippen molar-refractivity contribution in [1.82, 2.24) is 5.43 Å². The predicted molar refractivity (Wildman–Crippen MR) is 89.4 cm³/mol. The molecule has 1 aromatic heterocycles. The van der Waals surface area contributed by atoms with Crippen LogP contribution in [0.5, 0.6) is 5.75 Å². The fourth-order valence-electron chi connectivity index (χ4n) is 2.23. The summed E-state index contributed by atoms with van der Waals surface area (Å²) in [5.74, 6) is 1.65. The second-order valence-corrected chi connectivity index (χ2v) is 5.17. The molecule has 0 radical (unpaired) electrons. The van der Waals surface area contributed by atoms with Crippen LogP contribution in [-0.4, -0.2) is 45.0 Å². The van der Waals surface area contributed by atoms with Gasteiger partial charge < -0.3 is 18.8 Å². The van der Waals surface area contributed by atoms with E-state index in [9.17, 15) is 4.79 Å². The quantitative estimate of drug-likeness (QED) is 0.644. The van der Waals surface area contributed by atoms with E-state index in [1.807, 2.05) is 24.3 Å². The summed E-state index contributed by atoms with van der Waals surface area (Å²) in [7, 11) is 0. The molecule has 1 aliphatic heterocycles. The summed E-state index contributed by atoms with van der Waals surface area (Å²) in [6.07, 6.45) is 1.46. The summed E-state index contributed by atoms with van der Waals surface area (Å²) in [6, 6.07) is 12.8. The highest BCUT2D eigenvalue weighted by Crippen LogP contribution is 2.18. The van der Waals surface area contributed by atoms with E-state index >= 15 is 0 Å². The second kappa shape index (κ2) is 8.16. The van der Waals surface area contributed by atoms with Crippen LogP contribution in [-0.2, 0) is 9.53 Å². The smallest absolute Gasteiger partial charge is 0.277 e. The van der Waals surface area contributed by atoms with Crippen LogP contribution in [0.25, 0.3) is 0 Å². The van der Waals surface area contributed by atoms with Crippen LogP contribution in [0.2, 0.25) is 0 Å². The lowest BCUT2D eigenvalue weighted by atomic mass is 10.3. The number of morpholine rings is 1. The fourth-order valence-corrected chi connectivity index (χ4v) is 2.23. The van der Waals surface area contributed by atoms with E-state index < -0.39 is 0 Å². The molecule has 1 aliphatic rings. The molecule has 0 saturated carbocycles. The molecule has 1 N–H and O–H groups in total. The minimum absolute atomic E-state index is 0.0987. The Morgan fingerprint density at radius 2 is 2.00 bits per heavy atom. The van der Waals surface area contributed by atoms with Crippen LogP contribution < -0.4 is 15.1 Å². The number of furan rings is 1. The zero-order valence-corrected chi connectivity index (χ0v) is 13.2. The third-order valence-electron chi connectivity index (χ3n) is 3.43. The maximum absolute atomic E-state index is 11.7. The lowest BCUT2D eigenvalue weighted by Gasteiger charge is -2.26. The Morgan fingerprint density at radius 1 is 1.21 bits per heavy atom. The molecule has 1 amide bonds. The standard InChI is InChI=1S/C17H19N3O4/c21-16(13-23-14-4-2-1-3-5-14)19-18-12-15-6-7-17(24-15)20-8-10-22-11-9-20/h1-7,12H,8-11,13H2,(H,19,21)/b18-12-. The van der Waals surface area contributed by atoms with Gasteiger partial charge in [0.25, 0.3) is 5.91 Å². The molecule has 3 rings (SSSR count). The first-order valence-corrected chi connectivity index (χ1v) is 7.73. The highest BCUT2D eigenvalue weighted by molar-refractivity contribution is 5.81. The molecule has 7 heteroatoms. The number of ether oxygens (including phenoxy) is 2. The highest BCUT2D eigenvalue weighted by Gasteiger charge is 2.14. The minimum Gasteiger partial charge on any atom is -0.484 e. The number of nitrogens with zero attached hydrogens (tertiary/aromatic N) is 2. The molecule has 0 spiro atoms. The monoisotopic (exact) mass is 329 g/mol. The first-order valence-electron chi connectivity index (χ1n) is 7.73. The lowest BCUT2D eigenvalue weighted by Crippen LogP contribution is -2.35. The highest BCUT2D eigenvalue weighted by atomic mass is 16.5. The molecule has 1 aromatic carbocycles. The number of carbonyl (C=O) groups excluding carboxylic acids is 1. The van der Waals surface area contributed by atoms with Crippen molar-refractivity contribution in [1.29, 1.82) is 0 Å². The van der Waals surface area contributed by atoms with Gasteiger partial charge >= 0.3 is 0 Å². The summed E-state index contributed by atoms with van der Waals surface area (Å²) >= 11 is 0. The first-order chi connectivity index (χ1) is 11.8. The van der Waals surface area contributed by atoms with Crippen molar-refractivity contribution in [2.45, 2.75) is 0 Å². The van der Waals surface area contributed by atoms with Gasteiger partial charge in [-0.1, -0.05) is 18.2 Å². The van der Waals surface area contributed by atoms with Gasteiger partial charge in [0.1, 0.15) is 11.5 Å². The van der Waals surface area contributed by atoms with Crippen molar-refractivity contribution in [2.75, 3.05) is 37.8 Å². The first kappa shape index (κ1) is 16.1. The van der Waals surface area contributed by atoms with Crippen molar-refractivity contribution in [3.05, 3.63) is 48.2 Å². The average molecular weight is 329 g/mol. The van der Waals surface area contributed by atoms with E-state index in [0.717, 1.165) is 19.0 Å². The largest absolute Gasteiger partial charge is 0.484 e. The molecule has 0 atom stereocenters. The summed E-state index contributed by atoms with van der Waals surface area (Å²) in [5.41, 5.74) is 2.40. The Balaban J connectivity index is 1.44. The maximum Gasteiger partial charge on any atom is 0.277 e. The average Bonchev–Trinajstić information content (AvgIpc) is 3.11. The number of carbonyl (C=O) groups is 1. The van der Waals surface area contributed by atoms with E-state index in [2.05, 4.69) is 15.4 Å². The number of benzene rings is 1. The SMILES string of the molecule is O=C(COc1ccccc1)N/N=C\c1ccc(N2CCOCC2)o1. The fraction of sp³-hybridized carbons (Fsp3) is 0.294. The van der Waals surface area contributed by atoms with Crippen molar-refractivity contribution in [2.24, 2.45) is 5.10 Å². The van der Waals surface area contributed by atoms with Gasteiger partial charge in [-0.3, -0.25) is 4.79 Å². The molecular formula is C17H19N3O4. The minimum atomic E-state index is -0.338. The van der Waals surface area contributed by atoms with Gasteiger partial charge in [0, 0.05) is 19.2 Å². The Hall–Kier alpha value is -2.80. The van der Waals surface area contributed by atoms with E-state index in [4.69, 9.17) is 13.9 Å². The number of hydrazone groups is 1. The summed E-state index contributed by atoms with van der Waals surface area (Å²) in [6.45, 7) is 2.90. The van der Waals surface area contributed by atoms with Crippen LogP contribution in [0, 0.1) is 0 Å². The normalized spacial score (nSPS) is 14.8. The van der Waals surface area contributed by atoms with Crippen LogP contribution in [0.3, 0.4) is 0 Å². The number of rotatable bonds is 6. The summed E-state index contributed by atoms with van der Waals surface area (Å²) < 4.78 is 16.3. The molecule has 0 unspecified atom stereocenters. The Bertz CT molecular complexity index is 678. The van der Waals surface area contributed by atoms with Crippen LogP contribution in [0.1, 0.15) is 5.76 Å². The molecule has 1 saturated heterocycles. The topological polar surface area (TPSA) is 76.3 Å². The molecule has 2 heterocycles. The number of nitrogens with one attached hydrogen (secondary N) is 1. The number of para-hydroxylation sites is 1. The van der Waals surface area contributed by atoms with Crippen LogP contribution in [0.4, 0.5) is 5.88 Å². The molecule has 1 fully saturated rings. The summed E-state index contributed by atoms with van der Waals surface area (Å²) in [4.78, 5) is 13.8. The lowest BCUT2D eigenvalue weighted by molar-refractivity contribution is -0.123. The third kappa shape index (κ3) is 4.60. The van der Waals surface area contributed by atoms with Gasteiger partial charge in [0.15, 0.2) is 12.5 Å². The molecule has 7 nitrogen and oxygen atoms in total. The van der Waals surface area contributed by atoms with Crippen LogP contribution >= 0.6 is 0 Å². The second-order valence-electron chi connectivity index (χ2n) is 5.17. The molecular weight excluding hydrogens is 310 g/mol. The number of amides is 1. The van der Waals surface area contributed by atoms with Crippen molar-refractivity contribution >= 4 is 18.0 Å². The number of hydrogen-bond donors (Lipinski definition) is 1. The maximum atomic E-state index is 11.7. The van der Waals surface area contributed by atoms with Gasteiger partial charge in [-0.05, 0) is 18.2 Å². The van der Waals surface area contributed by atoms with E-state index in [0.29, 0.717) is 24.7 Å². The molecule has 0 bridgehead atoms. The van der Waals surface area contributed by atoms with E-state index in [1.54, 1.807) is 18.2 Å². The summed E-state index contributed by atoms with van der Waals surface area (Å²) in [5, 5.41) is 3.87. The number of anilines is 1. The van der Waals surface area contributed by atoms with Crippen molar-refractivity contribution in [3.8, 4) is 5.75 Å². The van der Waals surface area contributed by atoms with Gasteiger partial charge in [0.2, 0.25) is 0 Å². The predicted octanol–water partition coefficient (Wildman–Crippen LogP) is 1.65. The zero-order chi connectivity index (χ0) is 16.6. The zero-order valence-electron chi connectivity index (χ0n) is 13.2. The Morgan fingerprint density at radius 3 is 2.79 bits per heavy atom. The number of hydrogen-bond acceptors (Lipinski definition) is 6.